The number of hydrogen-bond donors (Lipinski definition) is 0. The van der Waals surface area contributed by atoms with E-state index in [0.717, 1.165) is 12.8 Å². The fourth-order valence-corrected chi connectivity index (χ4v) is 3.09. The zero-order chi connectivity index (χ0) is 17.4. The molecule has 0 bridgehead atoms. The normalized spacial score (nSPS) is 25.4. The summed E-state index contributed by atoms with van der Waals surface area (Å²) in [5.41, 5.74) is -1.12. The first kappa shape index (κ1) is 18.1. The molecular weight excluding hydrogens is 294 g/mol. The molecule has 0 spiro atoms. The van der Waals surface area contributed by atoms with E-state index in [9.17, 15) is 9.59 Å². The molecule has 0 unspecified atom stereocenters. The van der Waals surface area contributed by atoms with E-state index in [0.29, 0.717) is 12.5 Å². The lowest BCUT2D eigenvalue weighted by atomic mass is 9.94. The van der Waals surface area contributed by atoms with Gasteiger partial charge in [0, 0.05) is 6.54 Å². The summed E-state index contributed by atoms with van der Waals surface area (Å²) in [6.07, 6.45) is 3.92. The molecule has 0 aromatic carbocycles. The highest BCUT2D eigenvalue weighted by molar-refractivity contribution is 5.83. The van der Waals surface area contributed by atoms with Gasteiger partial charge in [-0.1, -0.05) is 12.8 Å². The molecule has 5 heteroatoms. The average molecular weight is 325 g/mol. The van der Waals surface area contributed by atoms with Crippen LogP contribution in [0.25, 0.3) is 0 Å². The number of ether oxygens (including phenoxy) is 2. The van der Waals surface area contributed by atoms with E-state index < -0.39 is 23.3 Å². The molecule has 1 aliphatic carbocycles. The number of hydrogen-bond acceptors (Lipinski definition) is 4. The fourth-order valence-electron chi connectivity index (χ4n) is 3.09. The summed E-state index contributed by atoms with van der Waals surface area (Å²) < 4.78 is 11.1. The van der Waals surface area contributed by atoms with Gasteiger partial charge in [0.25, 0.3) is 0 Å². The van der Waals surface area contributed by atoms with Gasteiger partial charge >= 0.3 is 12.1 Å². The summed E-state index contributed by atoms with van der Waals surface area (Å²) in [6, 6.07) is -0.510. The van der Waals surface area contributed by atoms with Crippen molar-refractivity contribution in [2.24, 2.45) is 11.8 Å². The lowest BCUT2D eigenvalue weighted by molar-refractivity contribution is -0.161. The molecule has 0 radical (unpaired) electrons. The maximum absolute atomic E-state index is 12.7. The molecule has 1 heterocycles. The average Bonchev–Trinajstić information content (AvgIpc) is 3.01. The van der Waals surface area contributed by atoms with Gasteiger partial charge in [0.05, 0.1) is 0 Å². The molecule has 0 N–H and O–H groups in total. The first-order valence-corrected chi connectivity index (χ1v) is 8.69. The lowest BCUT2D eigenvalue weighted by Crippen LogP contribution is -2.47. The van der Waals surface area contributed by atoms with Crippen LogP contribution in [0.1, 0.15) is 67.2 Å². The summed E-state index contributed by atoms with van der Waals surface area (Å²) in [4.78, 5) is 26.7. The van der Waals surface area contributed by atoms with Crippen molar-refractivity contribution in [2.45, 2.75) is 84.5 Å². The van der Waals surface area contributed by atoms with Gasteiger partial charge in [0.1, 0.15) is 17.2 Å². The molecule has 132 valence electrons. The van der Waals surface area contributed by atoms with Gasteiger partial charge in [-0.2, -0.15) is 0 Å². The number of esters is 1. The minimum atomic E-state index is -0.565. The van der Waals surface area contributed by atoms with Crippen LogP contribution in [0.2, 0.25) is 0 Å². The second-order valence-corrected chi connectivity index (χ2v) is 8.88. The van der Waals surface area contributed by atoms with Crippen molar-refractivity contribution in [2.75, 3.05) is 6.54 Å². The van der Waals surface area contributed by atoms with Gasteiger partial charge in [0.2, 0.25) is 0 Å². The molecule has 0 aromatic rings. The van der Waals surface area contributed by atoms with Crippen LogP contribution in [0.5, 0.6) is 0 Å². The SMILES string of the molecule is CC(C)(C)OC(=O)[C@H]1[C@@H](CC2CC2)CCN1C(=O)OC(C)(C)C. The Hall–Kier alpha value is -1.26. The standard InChI is InChI=1S/C18H31NO4/c1-17(2,3)22-15(20)14-13(11-12-7-8-12)9-10-19(14)16(21)23-18(4,5)6/h12-14H,7-11H2,1-6H3/t13-,14-/m1/s1. The second-order valence-electron chi connectivity index (χ2n) is 8.88. The third kappa shape index (κ3) is 5.40. The number of carbonyl (C=O) groups excluding carboxylic acids is 2. The molecule has 5 nitrogen and oxygen atoms in total. The van der Waals surface area contributed by atoms with Crippen molar-refractivity contribution in [1.82, 2.24) is 4.90 Å². The number of amides is 1. The van der Waals surface area contributed by atoms with Crippen LogP contribution in [0.3, 0.4) is 0 Å². The van der Waals surface area contributed by atoms with Crippen LogP contribution in [0.15, 0.2) is 0 Å². The molecule has 2 fully saturated rings. The number of carbonyl (C=O) groups is 2. The summed E-state index contributed by atoms with van der Waals surface area (Å²) in [5, 5.41) is 0. The molecule has 2 rings (SSSR count). The van der Waals surface area contributed by atoms with Crippen molar-refractivity contribution in [1.29, 1.82) is 0 Å². The minimum absolute atomic E-state index is 0.185. The Morgan fingerprint density at radius 3 is 2.00 bits per heavy atom. The summed E-state index contributed by atoms with van der Waals surface area (Å²) in [7, 11) is 0. The second kappa shape index (κ2) is 6.33. The Morgan fingerprint density at radius 2 is 1.52 bits per heavy atom. The Balaban J connectivity index is 2.12. The van der Waals surface area contributed by atoms with Crippen LogP contribution >= 0.6 is 0 Å². The smallest absolute Gasteiger partial charge is 0.411 e. The van der Waals surface area contributed by atoms with Crippen LogP contribution < -0.4 is 0 Å². The van der Waals surface area contributed by atoms with Crippen LogP contribution in [0.4, 0.5) is 4.79 Å². The highest BCUT2D eigenvalue weighted by Crippen LogP contribution is 2.41. The summed E-state index contributed by atoms with van der Waals surface area (Å²) in [5.74, 6) is 0.597. The molecule has 2 aliphatic rings. The van der Waals surface area contributed by atoms with Crippen molar-refractivity contribution < 1.29 is 19.1 Å². The Morgan fingerprint density at radius 1 is 0.957 bits per heavy atom. The maximum Gasteiger partial charge on any atom is 0.411 e. The molecule has 1 saturated heterocycles. The monoisotopic (exact) mass is 325 g/mol. The lowest BCUT2D eigenvalue weighted by Gasteiger charge is -2.31. The predicted molar refractivity (Wildman–Crippen MR) is 88.0 cm³/mol. The molecule has 2 atom stereocenters. The van der Waals surface area contributed by atoms with Crippen LogP contribution in [0, 0.1) is 11.8 Å². The zero-order valence-corrected chi connectivity index (χ0v) is 15.3. The van der Waals surface area contributed by atoms with E-state index in [1.165, 1.54) is 12.8 Å². The predicted octanol–water partition coefficient (Wildman–Crippen LogP) is 3.75. The number of rotatable bonds is 3. The highest BCUT2D eigenvalue weighted by Gasteiger charge is 2.46. The topological polar surface area (TPSA) is 55.8 Å². The molecule has 1 aliphatic heterocycles. The van der Waals surface area contributed by atoms with Gasteiger partial charge < -0.3 is 9.47 Å². The van der Waals surface area contributed by atoms with Crippen LogP contribution in [-0.2, 0) is 14.3 Å². The maximum atomic E-state index is 12.7. The van der Waals surface area contributed by atoms with Crippen molar-refractivity contribution >= 4 is 12.1 Å². The largest absolute Gasteiger partial charge is 0.458 e. The van der Waals surface area contributed by atoms with Crippen molar-refractivity contribution in [3.05, 3.63) is 0 Å². The van der Waals surface area contributed by atoms with Crippen LogP contribution in [-0.4, -0.2) is 40.8 Å². The zero-order valence-electron chi connectivity index (χ0n) is 15.3. The summed E-state index contributed by atoms with van der Waals surface area (Å²) >= 11 is 0. The number of nitrogens with zero attached hydrogens (tertiary/aromatic N) is 1. The molecular formula is C18H31NO4. The van der Waals surface area contributed by atoms with Gasteiger partial charge in [-0.05, 0) is 66.2 Å². The Kier molecular flexibility index (Phi) is 4.97. The molecule has 1 amide bonds. The Bertz CT molecular complexity index is 457. The van der Waals surface area contributed by atoms with E-state index in [2.05, 4.69) is 0 Å². The van der Waals surface area contributed by atoms with Gasteiger partial charge in [-0.3, -0.25) is 4.90 Å². The third-order valence-electron chi connectivity index (χ3n) is 4.13. The van der Waals surface area contributed by atoms with Gasteiger partial charge in [0.15, 0.2) is 0 Å². The first-order valence-electron chi connectivity index (χ1n) is 8.69. The fraction of sp³-hybridized carbons (Fsp3) is 0.889. The molecule has 1 saturated carbocycles. The van der Waals surface area contributed by atoms with Gasteiger partial charge in [-0.25, -0.2) is 9.59 Å². The quantitative estimate of drug-likeness (QED) is 0.742. The van der Waals surface area contributed by atoms with Crippen molar-refractivity contribution in [3.63, 3.8) is 0 Å². The first-order chi connectivity index (χ1) is 10.5. The van der Waals surface area contributed by atoms with Crippen molar-refractivity contribution in [3.8, 4) is 0 Å². The van der Waals surface area contributed by atoms with E-state index >= 15 is 0 Å². The van der Waals surface area contributed by atoms with Gasteiger partial charge in [-0.15, -0.1) is 0 Å². The highest BCUT2D eigenvalue weighted by atomic mass is 16.6. The molecule has 23 heavy (non-hydrogen) atoms. The Labute approximate surface area is 139 Å². The summed E-state index contributed by atoms with van der Waals surface area (Å²) in [6.45, 7) is 11.6. The van der Waals surface area contributed by atoms with E-state index in [1.807, 2.05) is 41.5 Å². The van der Waals surface area contributed by atoms with E-state index in [1.54, 1.807) is 4.90 Å². The third-order valence-corrected chi connectivity index (χ3v) is 4.13. The molecule has 0 aromatic heterocycles. The van der Waals surface area contributed by atoms with E-state index in [4.69, 9.17) is 9.47 Å². The number of likely N-dealkylation sites (tertiary alicyclic amines) is 1. The van der Waals surface area contributed by atoms with E-state index in [-0.39, 0.29) is 11.9 Å². The minimum Gasteiger partial charge on any atom is -0.458 e.